The number of nitrogens with two attached hydrogens (primary N) is 1. The van der Waals surface area contributed by atoms with Crippen molar-refractivity contribution in [3.8, 4) is 0 Å². The Morgan fingerprint density at radius 2 is 1.71 bits per heavy atom. The zero-order valence-electron chi connectivity index (χ0n) is 9.75. The molecule has 4 heterocycles. The summed E-state index contributed by atoms with van der Waals surface area (Å²) in [5.74, 6) is 0.836. The fourth-order valence-corrected chi connectivity index (χ4v) is 2.63. The van der Waals surface area contributed by atoms with E-state index in [-0.39, 0.29) is 12.4 Å². The summed E-state index contributed by atoms with van der Waals surface area (Å²) in [7, 11) is 0. The van der Waals surface area contributed by atoms with E-state index in [9.17, 15) is 0 Å². The van der Waals surface area contributed by atoms with Gasteiger partial charge in [0, 0.05) is 32.2 Å². The molecule has 0 spiro atoms. The minimum Gasteiger partial charge on any atom is -0.396 e. The average Bonchev–Trinajstić information content (AvgIpc) is 2.64. The molecule has 1 aromatic rings. The Kier molecular flexibility index (Phi) is 3.69. The van der Waals surface area contributed by atoms with Gasteiger partial charge in [-0.05, 0) is 12.8 Å². The minimum absolute atomic E-state index is 0. The van der Waals surface area contributed by atoms with Crippen LogP contribution >= 0.6 is 12.4 Å². The van der Waals surface area contributed by atoms with Gasteiger partial charge in [0.05, 0.1) is 18.1 Å². The van der Waals surface area contributed by atoms with Crippen LogP contribution in [0.15, 0.2) is 12.4 Å². The van der Waals surface area contributed by atoms with E-state index in [2.05, 4.69) is 19.8 Å². The first-order valence-electron chi connectivity index (χ1n) is 5.89. The first-order valence-corrected chi connectivity index (χ1v) is 5.89. The standard InChI is InChI=1S/C11H17N5.ClH/c12-9-7-13-11(14-8-9)16-6-5-15-3-1-10(16)2-4-15;/h7-8,10H,1-6,12H2;1H. The molecule has 4 rings (SSSR count). The van der Waals surface area contributed by atoms with Gasteiger partial charge in [0.2, 0.25) is 5.95 Å². The molecule has 0 radical (unpaired) electrons. The molecule has 5 nitrogen and oxygen atoms in total. The Morgan fingerprint density at radius 1 is 1.06 bits per heavy atom. The fraction of sp³-hybridized carbons (Fsp3) is 0.636. The number of rotatable bonds is 1. The van der Waals surface area contributed by atoms with Gasteiger partial charge in [-0.3, -0.25) is 0 Å². The van der Waals surface area contributed by atoms with Crippen molar-refractivity contribution < 1.29 is 0 Å². The number of halogens is 1. The second-order valence-corrected chi connectivity index (χ2v) is 4.58. The van der Waals surface area contributed by atoms with Gasteiger partial charge >= 0.3 is 0 Å². The molecule has 3 aliphatic rings. The largest absolute Gasteiger partial charge is 0.396 e. The van der Waals surface area contributed by atoms with Gasteiger partial charge in [-0.2, -0.15) is 0 Å². The molecule has 94 valence electrons. The predicted octanol–water partition coefficient (Wildman–Crippen LogP) is 0.765. The normalized spacial score (nSPS) is 27.4. The third-order valence-corrected chi connectivity index (χ3v) is 3.57. The van der Waals surface area contributed by atoms with Crippen LogP contribution in [0.4, 0.5) is 11.6 Å². The number of hydrogen-bond donors (Lipinski definition) is 1. The summed E-state index contributed by atoms with van der Waals surface area (Å²) in [6, 6.07) is 0.613. The molecular weight excluding hydrogens is 238 g/mol. The molecule has 17 heavy (non-hydrogen) atoms. The second kappa shape index (κ2) is 5.06. The summed E-state index contributed by atoms with van der Waals surface area (Å²) in [5, 5.41) is 0. The van der Waals surface area contributed by atoms with Crippen LogP contribution < -0.4 is 10.6 Å². The monoisotopic (exact) mass is 255 g/mol. The number of nitrogen functional groups attached to an aromatic ring is 1. The van der Waals surface area contributed by atoms with Crippen LogP contribution in [0.25, 0.3) is 0 Å². The molecule has 1 aromatic heterocycles. The highest BCUT2D eigenvalue weighted by Crippen LogP contribution is 2.23. The van der Waals surface area contributed by atoms with E-state index in [1.54, 1.807) is 12.4 Å². The van der Waals surface area contributed by atoms with Crippen molar-refractivity contribution in [1.82, 2.24) is 14.9 Å². The van der Waals surface area contributed by atoms with Crippen LogP contribution in [-0.2, 0) is 0 Å². The van der Waals surface area contributed by atoms with Crippen LogP contribution in [0.1, 0.15) is 12.8 Å². The number of fused-ring (bicyclic) bond motifs is 4. The summed E-state index contributed by atoms with van der Waals surface area (Å²) in [6.45, 7) is 4.60. The minimum atomic E-state index is 0. The number of hydrogen-bond acceptors (Lipinski definition) is 5. The van der Waals surface area contributed by atoms with Crippen LogP contribution in [0.3, 0.4) is 0 Å². The maximum atomic E-state index is 5.61. The topological polar surface area (TPSA) is 58.3 Å². The maximum Gasteiger partial charge on any atom is 0.225 e. The lowest BCUT2D eigenvalue weighted by molar-refractivity contribution is 0.250. The highest BCUT2D eigenvalue weighted by molar-refractivity contribution is 5.85. The third kappa shape index (κ3) is 2.45. The van der Waals surface area contributed by atoms with Crippen LogP contribution in [0, 0.1) is 0 Å². The van der Waals surface area contributed by atoms with E-state index in [1.165, 1.54) is 25.9 Å². The molecule has 0 aromatic carbocycles. The van der Waals surface area contributed by atoms with Gasteiger partial charge in [0.1, 0.15) is 0 Å². The van der Waals surface area contributed by atoms with Crippen molar-refractivity contribution >= 4 is 24.0 Å². The third-order valence-electron chi connectivity index (χ3n) is 3.57. The molecular formula is C11H18ClN5. The Morgan fingerprint density at radius 3 is 2.35 bits per heavy atom. The smallest absolute Gasteiger partial charge is 0.225 e. The first-order chi connectivity index (χ1) is 7.83. The van der Waals surface area contributed by atoms with Crippen molar-refractivity contribution in [3.63, 3.8) is 0 Å². The van der Waals surface area contributed by atoms with Crippen molar-refractivity contribution in [2.75, 3.05) is 36.8 Å². The van der Waals surface area contributed by atoms with E-state index in [4.69, 9.17) is 5.73 Å². The summed E-state index contributed by atoms with van der Waals surface area (Å²) in [6.07, 6.45) is 5.85. The summed E-state index contributed by atoms with van der Waals surface area (Å²) < 4.78 is 0. The van der Waals surface area contributed by atoms with Crippen LogP contribution in [0.5, 0.6) is 0 Å². The summed E-state index contributed by atoms with van der Waals surface area (Å²) >= 11 is 0. The maximum absolute atomic E-state index is 5.61. The summed E-state index contributed by atoms with van der Waals surface area (Å²) in [5.41, 5.74) is 6.24. The molecule has 3 fully saturated rings. The van der Waals surface area contributed by atoms with E-state index in [0.717, 1.165) is 19.0 Å². The highest BCUT2D eigenvalue weighted by Gasteiger charge is 2.30. The molecule has 2 N–H and O–H groups in total. The van der Waals surface area contributed by atoms with Gasteiger partial charge in [-0.15, -0.1) is 12.4 Å². The molecule has 0 unspecified atom stereocenters. The van der Waals surface area contributed by atoms with E-state index < -0.39 is 0 Å². The quantitative estimate of drug-likeness (QED) is 0.803. The van der Waals surface area contributed by atoms with Gasteiger partial charge in [0.25, 0.3) is 0 Å². The molecule has 0 amide bonds. The van der Waals surface area contributed by atoms with Crippen molar-refractivity contribution in [2.24, 2.45) is 0 Å². The van der Waals surface area contributed by atoms with Gasteiger partial charge < -0.3 is 15.5 Å². The van der Waals surface area contributed by atoms with E-state index >= 15 is 0 Å². The zero-order valence-corrected chi connectivity index (χ0v) is 10.6. The Labute approximate surface area is 107 Å². The number of piperidine rings is 1. The molecule has 3 aliphatic heterocycles. The molecule has 6 heteroatoms. The molecule has 0 atom stereocenters. The Hall–Kier alpha value is -1.07. The molecule has 0 saturated carbocycles. The number of aromatic nitrogens is 2. The molecule has 0 aliphatic carbocycles. The molecule has 3 saturated heterocycles. The SMILES string of the molecule is Cl.Nc1cnc(N2CCN3CCC2CC3)nc1. The molecule has 2 bridgehead atoms. The zero-order chi connectivity index (χ0) is 11.0. The lowest BCUT2D eigenvalue weighted by Crippen LogP contribution is -2.38. The lowest BCUT2D eigenvalue weighted by Gasteiger charge is -2.31. The lowest BCUT2D eigenvalue weighted by atomic mass is 10.1. The first kappa shape index (κ1) is 12.4. The number of nitrogens with zero attached hydrogens (tertiary/aromatic N) is 4. The van der Waals surface area contributed by atoms with E-state index in [0.29, 0.717) is 11.7 Å². The summed E-state index contributed by atoms with van der Waals surface area (Å²) in [4.78, 5) is 13.5. The average molecular weight is 256 g/mol. The van der Waals surface area contributed by atoms with Crippen LogP contribution in [0.2, 0.25) is 0 Å². The second-order valence-electron chi connectivity index (χ2n) is 4.58. The Bertz CT molecular complexity index is 361. The predicted molar refractivity (Wildman–Crippen MR) is 70.5 cm³/mol. The van der Waals surface area contributed by atoms with Gasteiger partial charge in [0.15, 0.2) is 0 Å². The van der Waals surface area contributed by atoms with Crippen molar-refractivity contribution in [1.29, 1.82) is 0 Å². The number of anilines is 2. The van der Waals surface area contributed by atoms with Crippen LogP contribution in [-0.4, -0.2) is 47.1 Å². The van der Waals surface area contributed by atoms with Gasteiger partial charge in [-0.1, -0.05) is 0 Å². The van der Waals surface area contributed by atoms with Crippen molar-refractivity contribution in [3.05, 3.63) is 12.4 Å². The van der Waals surface area contributed by atoms with E-state index in [1.807, 2.05) is 0 Å². The highest BCUT2D eigenvalue weighted by atomic mass is 35.5. The van der Waals surface area contributed by atoms with Crippen molar-refractivity contribution in [2.45, 2.75) is 18.9 Å². The van der Waals surface area contributed by atoms with Gasteiger partial charge in [-0.25, -0.2) is 9.97 Å². The Balaban J connectivity index is 0.00000108. The fourth-order valence-electron chi connectivity index (χ4n) is 2.63.